The van der Waals surface area contributed by atoms with Crippen LogP contribution in [0.15, 0.2) is 78.1 Å². The molecule has 1 atom stereocenters. The number of nitrogens with zero attached hydrogens (tertiary/aromatic N) is 3. The average Bonchev–Trinajstić information content (AvgIpc) is 3.75. The summed E-state index contributed by atoms with van der Waals surface area (Å²) in [6, 6.07) is 18.0. The molecule has 6 rings (SSSR count). The number of anilines is 1. The zero-order valence-corrected chi connectivity index (χ0v) is 33.6. The molecule has 2 aliphatic rings. The van der Waals surface area contributed by atoms with E-state index in [2.05, 4.69) is 62.6 Å². The van der Waals surface area contributed by atoms with Gasteiger partial charge in [-0.1, -0.05) is 24.3 Å². The number of piperidine rings is 1. The molecule has 1 fully saturated rings. The lowest BCUT2D eigenvalue weighted by molar-refractivity contribution is -0.136. The van der Waals surface area contributed by atoms with Crippen molar-refractivity contribution in [2.45, 2.75) is 25.8 Å². The van der Waals surface area contributed by atoms with Gasteiger partial charge in [0.15, 0.2) is 0 Å². The zero-order valence-electron chi connectivity index (χ0n) is 33.6. The summed E-state index contributed by atoms with van der Waals surface area (Å²) >= 11 is 0. The quantitative estimate of drug-likeness (QED) is 0.0475. The van der Waals surface area contributed by atoms with E-state index in [1.165, 1.54) is 12.1 Å². The zero-order chi connectivity index (χ0) is 42.1. The van der Waals surface area contributed by atoms with E-state index < -0.39 is 29.7 Å². The Morgan fingerprint density at radius 3 is 2.02 bits per heavy atom. The number of hydrogen-bond donors (Lipinski definition) is 3. The Morgan fingerprint density at radius 2 is 1.38 bits per heavy atom. The lowest BCUT2D eigenvalue weighted by Crippen LogP contribution is -2.54. The van der Waals surface area contributed by atoms with Gasteiger partial charge in [0.25, 0.3) is 11.8 Å². The van der Waals surface area contributed by atoms with Crippen LogP contribution in [0.3, 0.4) is 0 Å². The van der Waals surface area contributed by atoms with Crippen LogP contribution >= 0.6 is 0 Å². The number of amides is 4. The van der Waals surface area contributed by atoms with Crippen LogP contribution in [-0.4, -0.2) is 130 Å². The molecule has 60 heavy (non-hydrogen) atoms. The molecule has 316 valence electrons. The summed E-state index contributed by atoms with van der Waals surface area (Å²) in [5, 5.41) is 5.46. The van der Waals surface area contributed by atoms with Crippen molar-refractivity contribution in [3.63, 3.8) is 0 Å². The summed E-state index contributed by atoms with van der Waals surface area (Å²) in [7, 11) is 0. The number of ether oxygens (including phenoxy) is 6. The first-order valence-electron chi connectivity index (χ1n) is 19.8. The first-order chi connectivity index (χ1) is 29.3. The average molecular weight is 823 g/mol. The minimum atomic E-state index is -1.01. The number of H-pyrrole nitrogens is 1. The standard InChI is InChI=1S/C44H50N6O10/c1-30-33(13-14-45-2)27-38(48-30)32-5-3-31(4-6-32)34-7-11-40(47-29-34)46-15-16-55-17-18-56-19-20-57-21-22-58-23-24-59-25-26-60-35-8-9-36-37(28-35)44(54)50(43(36)53)39-10-12-41(51)49-42(39)52/h3-9,11,13-14,27-29,39,48H,2,10,12,15-26H2,1H3,(H,46,47)(H,49,51,52)/b14-13-. The third-order valence-corrected chi connectivity index (χ3v) is 9.66. The lowest BCUT2D eigenvalue weighted by Gasteiger charge is -2.27. The third-order valence-electron chi connectivity index (χ3n) is 9.66. The van der Waals surface area contributed by atoms with Crippen molar-refractivity contribution in [3.8, 4) is 28.1 Å². The third kappa shape index (κ3) is 12.0. The van der Waals surface area contributed by atoms with Crippen molar-refractivity contribution in [3.05, 3.63) is 95.4 Å². The van der Waals surface area contributed by atoms with E-state index in [9.17, 15) is 19.2 Å². The van der Waals surface area contributed by atoms with Gasteiger partial charge in [-0.3, -0.25) is 34.4 Å². The predicted molar refractivity (Wildman–Crippen MR) is 224 cm³/mol. The Kier molecular flexibility index (Phi) is 16.2. The Morgan fingerprint density at radius 1 is 0.767 bits per heavy atom. The van der Waals surface area contributed by atoms with Crippen molar-refractivity contribution in [2.24, 2.45) is 4.99 Å². The fourth-order valence-corrected chi connectivity index (χ4v) is 6.54. The van der Waals surface area contributed by atoms with Gasteiger partial charge in [-0.25, -0.2) is 4.98 Å². The van der Waals surface area contributed by atoms with Crippen molar-refractivity contribution in [1.29, 1.82) is 0 Å². The number of aliphatic imine (C=N–C) groups is 1. The number of benzene rings is 2. The second-order valence-corrected chi connectivity index (χ2v) is 13.8. The highest BCUT2D eigenvalue weighted by molar-refractivity contribution is 6.23. The van der Waals surface area contributed by atoms with E-state index in [1.54, 1.807) is 12.3 Å². The van der Waals surface area contributed by atoms with E-state index in [1.807, 2.05) is 31.3 Å². The van der Waals surface area contributed by atoms with Crippen LogP contribution in [0.5, 0.6) is 5.75 Å². The van der Waals surface area contributed by atoms with Gasteiger partial charge in [-0.2, -0.15) is 0 Å². The van der Waals surface area contributed by atoms with Gasteiger partial charge in [-0.15, -0.1) is 0 Å². The second kappa shape index (κ2) is 22.4. The monoisotopic (exact) mass is 822 g/mol. The predicted octanol–water partition coefficient (Wildman–Crippen LogP) is 4.70. The molecule has 0 saturated carbocycles. The summed E-state index contributed by atoms with van der Waals surface area (Å²) in [5.74, 6) is -1.05. The van der Waals surface area contributed by atoms with E-state index in [4.69, 9.17) is 28.4 Å². The van der Waals surface area contributed by atoms with Crippen LogP contribution in [0.1, 0.15) is 44.8 Å². The van der Waals surface area contributed by atoms with Crippen LogP contribution in [0, 0.1) is 6.92 Å². The fourth-order valence-electron chi connectivity index (χ4n) is 6.54. The maximum absolute atomic E-state index is 13.0. The van der Waals surface area contributed by atoms with Crippen molar-refractivity contribution in [2.75, 3.05) is 84.5 Å². The Labute approximate surface area is 348 Å². The molecule has 1 unspecified atom stereocenters. The molecule has 16 nitrogen and oxygen atoms in total. The molecular formula is C44H50N6O10. The smallest absolute Gasteiger partial charge is 0.262 e. The summed E-state index contributed by atoms with van der Waals surface area (Å²) < 4.78 is 33.5. The van der Waals surface area contributed by atoms with Gasteiger partial charge in [0.2, 0.25) is 11.8 Å². The first-order valence-corrected chi connectivity index (χ1v) is 19.8. The number of pyridine rings is 1. The van der Waals surface area contributed by atoms with E-state index in [-0.39, 0.29) is 37.2 Å². The molecule has 3 N–H and O–H groups in total. The van der Waals surface area contributed by atoms with Gasteiger partial charge in [0.05, 0.1) is 77.2 Å². The highest BCUT2D eigenvalue weighted by Crippen LogP contribution is 2.30. The molecule has 2 aromatic carbocycles. The number of aromatic amines is 1. The summed E-state index contributed by atoms with van der Waals surface area (Å²) in [4.78, 5) is 62.2. The number of imide groups is 2. The maximum Gasteiger partial charge on any atom is 0.262 e. The second-order valence-electron chi connectivity index (χ2n) is 13.8. The van der Waals surface area contributed by atoms with Gasteiger partial charge >= 0.3 is 0 Å². The van der Waals surface area contributed by atoms with Gasteiger partial charge in [0.1, 0.15) is 24.2 Å². The first kappa shape index (κ1) is 43.5. The molecule has 2 aromatic heterocycles. The topological polar surface area (TPSA) is 192 Å². The van der Waals surface area contributed by atoms with E-state index in [0.717, 1.165) is 44.4 Å². The maximum atomic E-state index is 13.0. The number of aromatic nitrogens is 2. The molecular weight excluding hydrogens is 773 g/mol. The van der Waals surface area contributed by atoms with E-state index >= 15 is 0 Å². The molecule has 0 spiro atoms. The van der Waals surface area contributed by atoms with Crippen LogP contribution in [0.25, 0.3) is 28.5 Å². The van der Waals surface area contributed by atoms with Gasteiger partial charge in [0, 0.05) is 42.3 Å². The molecule has 4 amide bonds. The lowest BCUT2D eigenvalue weighted by atomic mass is 10.0. The molecule has 16 heteroatoms. The molecule has 2 aliphatic heterocycles. The number of carbonyl (C=O) groups excluding carboxylic acids is 4. The number of aryl methyl sites for hydroxylation is 1. The molecule has 0 radical (unpaired) electrons. The summed E-state index contributed by atoms with van der Waals surface area (Å²) in [5.41, 5.74) is 6.78. The summed E-state index contributed by atoms with van der Waals surface area (Å²) in [6.45, 7) is 10.6. The molecule has 4 heterocycles. The largest absolute Gasteiger partial charge is 0.491 e. The van der Waals surface area contributed by atoms with Crippen LogP contribution in [0.4, 0.5) is 5.82 Å². The highest BCUT2D eigenvalue weighted by atomic mass is 16.6. The highest BCUT2D eigenvalue weighted by Gasteiger charge is 2.44. The Balaban J connectivity index is 0.721. The SMILES string of the molecule is C=N/C=C\c1cc(-c2ccc(-c3ccc(NCCOCCOCCOCCOCCOCCOc4ccc5c(c4)C(=O)N(C4CCC(=O)NC4=O)C5=O)nc3)cc2)[nH]c1C. The number of carbonyl (C=O) groups is 4. The minimum absolute atomic E-state index is 0.0608. The fraction of sp³-hybridized carbons (Fsp3) is 0.364. The van der Waals surface area contributed by atoms with Gasteiger partial charge < -0.3 is 38.7 Å². The van der Waals surface area contributed by atoms with Gasteiger partial charge in [-0.05, 0) is 79.2 Å². The minimum Gasteiger partial charge on any atom is -0.491 e. The van der Waals surface area contributed by atoms with E-state index in [0.29, 0.717) is 71.8 Å². The van der Waals surface area contributed by atoms with Crippen LogP contribution in [-0.2, 0) is 33.3 Å². The van der Waals surface area contributed by atoms with Crippen molar-refractivity contribution in [1.82, 2.24) is 20.2 Å². The molecule has 0 bridgehead atoms. The molecule has 0 aliphatic carbocycles. The number of fused-ring (bicyclic) bond motifs is 1. The van der Waals surface area contributed by atoms with Crippen molar-refractivity contribution >= 4 is 42.2 Å². The normalized spacial score (nSPS) is 15.2. The molecule has 4 aromatic rings. The summed E-state index contributed by atoms with van der Waals surface area (Å²) in [6.07, 6.45) is 5.64. The molecule has 1 saturated heterocycles. The number of nitrogens with one attached hydrogen (secondary N) is 3. The number of rotatable bonds is 25. The van der Waals surface area contributed by atoms with Crippen LogP contribution < -0.4 is 15.4 Å². The van der Waals surface area contributed by atoms with Crippen LogP contribution in [0.2, 0.25) is 0 Å². The number of hydrogen-bond acceptors (Lipinski definition) is 13. The Hall–Kier alpha value is -6.04. The van der Waals surface area contributed by atoms with Crippen molar-refractivity contribution < 1.29 is 47.6 Å². The Bertz CT molecular complexity index is 2120.